The molecule has 2 atom stereocenters. The minimum atomic E-state index is -0.698. The zero-order valence-corrected chi connectivity index (χ0v) is 18.4. The number of carboxylic acid groups (broad SMARTS) is 1. The Labute approximate surface area is 177 Å². The number of aliphatic hydroxyl groups excluding tert-OH is 1. The van der Waals surface area contributed by atoms with E-state index in [1.807, 2.05) is 18.2 Å². The van der Waals surface area contributed by atoms with Crippen LogP contribution in [0.4, 0.5) is 0 Å². The third-order valence-corrected chi connectivity index (χ3v) is 5.43. The Bertz CT molecular complexity index is 503. The summed E-state index contributed by atoms with van der Waals surface area (Å²) in [7, 11) is 0. The predicted octanol–water partition coefficient (Wildman–Crippen LogP) is 6.50. The maximum absolute atomic E-state index is 10.6. The zero-order chi connectivity index (χ0) is 21.2. The summed E-state index contributed by atoms with van der Waals surface area (Å²) in [6.45, 7) is 2.78. The number of aliphatic carboxylic acids is 1. The number of hydrogen-bond donors (Lipinski definition) is 2. The third-order valence-electron chi connectivity index (χ3n) is 5.43. The second-order valence-electron chi connectivity index (χ2n) is 8.20. The largest absolute Gasteiger partial charge is 0.481 e. The smallest absolute Gasteiger partial charge is 0.303 e. The van der Waals surface area contributed by atoms with E-state index >= 15 is 0 Å². The summed E-state index contributed by atoms with van der Waals surface area (Å²) < 4.78 is 6.22. The van der Waals surface area contributed by atoms with E-state index in [-0.39, 0.29) is 18.6 Å². The van der Waals surface area contributed by atoms with Gasteiger partial charge in [-0.3, -0.25) is 4.79 Å². The minimum absolute atomic E-state index is 0.122. The topological polar surface area (TPSA) is 66.8 Å². The molecule has 0 aliphatic rings. The van der Waals surface area contributed by atoms with Crippen molar-refractivity contribution in [2.75, 3.05) is 0 Å². The maximum Gasteiger partial charge on any atom is 0.303 e. The first-order chi connectivity index (χ1) is 14.1. The molecule has 0 radical (unpaired) electrons. The Kier molecular flexibility index (Phi) is 15.4. The van der Waals surface area contributed by atoms with Gasteiger partial charge in [0.15, 0.2) is 0 Å². The number of aliphatic hydroxyl groups is 1. The standard InChI is InChI=1S/C25H42O4/c1-2-14-23(26)17-10-3-4-11-18-24(19-12-5-6-13-20-25(27)28)29-21-22-15-8-7-9-16-22/h7-9,15-16,23-24,26H,2-6,10-14,17-21H2,1H3,(H,27,28). The van der Waals surface area contributed by atoms with Crippen LogP contribution in [-0.2, 0) is 16.1 Å². The van der Waals surface area contributed by atoms with Gasteiger partial charge in [0, 0.05) is 6.42 Å². The van der Waals surface area contributed by atoms with Gasteiger partial charge in [0.2, 0.25) is 0 Å². The van der Waals surface area contributed by atoms with E-state index in [4.69, 9.17) is 9.84 Å². The summed E-state index contributed by atoms with van der Waals surface area (Å²) in [5.41, 5.74) is 1.21. The van der Waals surface area contributed by atoms with E-state index in [2.05, 4.69) is 19.1 Å². The van der Waals surface area contributed by atoms with Crippen LogP contribution in [0.15, 0.2) is 30.3 Å². The summed E-state index contributed by atoms with van der Waals surface area (Å²) in [5.74, 6) is -0.698. The van der Waals surface area contributed by atoms with Crippen molar-refractivity contribution in [1.29, 1.82) is 0 Å². The highest BCUT2D eigenvalue weighted by atomic mass is 16.5. The quantitative estimate of drug-likeness (QED) is 0.257. The molecule has 0 aromatic heterocycles. The van der Waals surface area contributed by atoms with Crippen molar-refractivity contribution in [3.05, 3.63) is 35.9 Å². The molecule has 1 aromatic rings. The molecule has 0 spiro atoms. The Morgan fingerprint density at radius 1 is 0.862 bits per heavy atom. The fraction of sp³-hybridized carbons (Fsp3) is 0.720. The van der Waals surface area contributed by atoms with E-state index < -0.39 is 5.97 Å². The number of rotatable bonds is 19. The number of unbranched alkanes of at least 4 members (excludes halogenated alkanes) is 6. The van der Waals surface area contributed by atoms with E-state index in [9.17, 15) is 9.90 Å². The van der Waals surface area contributed by atoms with Crippen molar-refractivity contribution in [3.8, 4) is 0 Å². The monoisotopic (exact) mass is 406 g/mol. The molecular formula is C25H42O4. The number of carboxylic acids is 1. The molecule has 29 heavy (non-hydrogen) atoms. The van der Waals surface area contributed by atoms with Crippen LogP contribution in [0.1, 0.15) is 102 Å². The average molecular weight is 407 g/mol. The lowest BCUT2D eigenvalue weighted by Crippen LogP contribution is -2.13. The van der Waals surface area contributed by atoms with E-state index in [0.717, 1.165) is 64.2 Å². The first-order valence-corrected chi connectivity index (χ1v) is 11.7. The van der Waals surface area contributed by atoms with Gasteiger partial charge in [-0.05, 0) is 37.7 Å². The molecule has 1 rings (SSSR count). The lowest BCUT2D eigenvalue weighted by Gasteiger charge is -2.18. The first-order valence-electron chi connectivity index (χ1n) is 11.7. The Hall–Kier alpha value is -1.39. The second-order valence-corrected chi connectivity index (χ2v) is 8.20. The first kappa shape index (κ1) is 25.6. The molecule has 0 saturated carbocycles. The van der Waals surface area contributed by atoms with Crippen LogP contribution in [0, 0.1) is 0 Å². The molecule has 0 amide bonds. The molecule has 2 N–H and O–H groups in total. The zero-order valence-electron chi connectivity index (χ0n) is 18.4. The summed E-state index contributed by atoms with van der Waals surface area (Å²) in [6, 6.07) is 10.3. The lowest BCUT2D eigenvalue weighted by molar-refractivity contribution is -0.137. The summed E-state index contributed by atoms with van der Waals surface area (Å²) in [5, 5.41) is 18.5. The van der Waals surface area contributed by atoms with Crippen molar-refractivity contribution in [2.24, 2.45) is 0 Å². The molecule has 1 aromatic carbocycles. The van der Waals surface area contributed by atoms with Gasteiger partial charge in [-0.1, -0.05) is 88.6 Å². The maximum atomic E-state index is 10.6. The van der Waals surface area contributed by atoms with Gasteiger partial charge in [0.05, 0.1) is 18.8 Å². The van der Waals surface area contributed by atoms with Crippen molar-refractivity contribution in [1.82, 2.24) is 0 Å². The van der Waals surface area contributed by atoms with Crippen LogP contribution >= 0.6 is 0 Å². The SMILES string of the molecule is CCCC(O)CCCCCCC(CCCCCCC(=O)O)OCc1ccccc1. The lowest BCUT2D eigenvalue weighted by atomic mass is 10.0. The van der Waals surface area contributed by atoms with Crippen LogP contribution in [-0.4, -0.2) is 28.4 Å². The predicted molar refractivity (Wildman–Crippen MR) is 119 cm³/mol. The van der Waals surface area contributed by atoms with Crippen LogP contribution in [0.25, 0.3) is 0 Å². The van der Waals surface area contributed by atoms with Gasteiger partial charge in [-0.15, -0.1) is 0 Å². The van der Waals surface area contributed by atoms with Gasteiger partial charge >= 0.3 is 5.97 Å². The molecule has 0 heterocycles. The molecule has 166 valence electrons. The Morgan fingerprint density at radius 2 is 1.45 bits per heavy atom. The van der Waals surface area contributed by atoms with Crippen LogP contribution in [0.5, 0.6) is 0 Å². The Morgan fingerprint density at radius 3 is 2.03 bits per heavy atom. The van der Waals surface area contributed by atoms with Crippen molar-refractivity contribution < 1.29 is 19.7 Å². The van der Waals surface area contributed by atoms with E-state index in [0.29, 0.717) is 6.61 Å². The molecule has 0 aliphatic carbocycles. The molecule has 0 saturated heterocycles. The van der Waals surface area contributed by atoms with Crippen molar-refractivity contribution in [3.63, 3.8) is 0 Å². The van der Waals surface area contributed by atoms with Gasteiger partial charge in [-0.25, -0.2) is 0 Å². The number of carbonyl (C=O) groups is 1. The summed E-state index contributed by atoms with van der Waals surface area (Å²) >= 11 is 0. The average Bonchev–Trinajstić information content (AvgIpc) is 2.71. The van der Waals surface area contributed by atoms with Crippen molar-refractivity contribution >= 4 is 5.97 Å². The molecule has 0 bridgehead atoms. The molecule has 0 aliphatic heterocycles. The van der Waals surface area contributed by atoms with Crippen LogP contribution in [0.3, 0.4) is 0 Å². The minimum Gasteiger partial charge on any atom is -0.481 e. The third kappa shape index (κ3) is 15.2. The normalized spacial score (nSPS) is 13.3. The van der Waals surface area contributed by atoms with Gasteiger partial charge in [-0.2, -0.15) is 0 Å². The van der Waals surface area contributed by atoms with Crippen LogP contribution < -0.4 is 0 Å². The number of benzene rings is 1. The molecular weight excluding hydrogens is 364 g/mol. The summed E-state index contributed by atoms with van der Waals surface area (Å²) in [6.07, 6.45) is 14.1. The Balaban J connectivity index is 2.23. The second kappa shape index (κ2) is 17.5. The molecule has 4 heteroatoms. The molecule has 0 fully saturated rings. The fourth-order valence-electron chi connectivity index (χ4n) is 3.68. The summed E-state index contributed by atoms with van der Waals surface area (Å²) in [4.78, 5) is 10.6. The van der Waals surface area contributed by atoms with E-state index in [1.165, 1.54) is 24.8 Å². The van der Waals surface area contributed by atoms with Gasteiger partial charge in [0.1, 0.15) is 0 Å². The molecule has 2 unspecified atom stereocenters. The van der Waals surface area contributed by atoms with E-state index in [1.54, 1.807) is 0 Å². The number of hydrogen-bond acceptors (Lipinski definition) is 3. The highest BCUT2D eigenvalue weighted by Crippen LogP contribution is 2.18. The highest BCUT2D eigenvalue weighted by Gasteiger charge is 2.10. The van der Waals surface area contributed by atoms with Gasteiger partial charge < -0.3 is 14.9 Å². The van der Waals surface area contributed by atoms with Crippen molar-refractivity contribution in [2.45, 2.75) is 116 Å². The number of ether oxygens (including phenoxy) is 1. The fourth-order valence-corrected chi connectivity index (χ4v) is 3.68. The van der Waals surface area contributed by atoms with Gasteiger partial charge in [0.25, 0.3) is 0 Å². The highest BCUT2D eigenvalue weighted by molar-refractivity contribution is 5.66. The van der Waals surface area contributed by atoms with Crippen LogP contribution in [0.2, 0.25) is 0 Å². The molecule has 4 nitrogen and oxygen atoms in total.